The Morgan fingerprint density at radius 1 is 1.12 bits per heavy atom. The molecule has 3 aromatic carbocycles. The molecule has 9 heteroatoms. The van der Waals surface area contributed by atoms with E-state index in [9.17, 15) is 14.0 Å². The van der Waals surface area contributed by atoms with Gasteiger partial charge in [-0.1, -0.05) is 75.3 Å². The van der Waals surface area contributed by atoms with E-state index in [4.69, 9.17) is 9.47 Å². The first kappa shape index (κ1) is 27.7. The van der Waals surface area contributed by atoms with Crippen LogP contribution in [-0.4, -0.2) is 17.1 Å². The number of ether oxygens (including phenoxy) is 2. The summed E-state index contributed by atoms with van der Waals surface area (Å²) in [4.78, 5) is 32.1. The standard InChI is InChI=1S/C31H26BrFN2O4S/c1-4-38-30(37)27-19(3)34-31-35(28(27)20-11-9-18(2)10-12-20)29(36)26(40-31)16-22-15-23(32)13-14-25(22)39-17-21-7-5-6-8-24(21)33/h5-16,28H,4,17H2,1-3H3/b26-16+/t28-/m1/s1. The Bertz CT molecular complexity index is 1810. The van der Waals surface area contributed by atoms with E-state index in [1.165, 1.54) is 17.4 Å². The molecule has 0 saturated carbocycles. The lowest BCUT2D eigenvalue weighted by Crippen LogP contribution is -2.39. The van der Waals surface area contributed by atoms with Gasteiger partial charge in [0.05, 0.1) is 28.5 Å². The second-order valence-electron chi connectivity index (χ2n) is 9.28. The highest BCUT2D eigenvalue weighted by molar-refractivity contribution is 9.10. The molecule has 0 N–H and O–H groups in total. The molecule has 1 aliphatic rings. The zero-order chi connectivity index (χ0) is 28.4. The van der Waals surface area contributed by atoms with Gasteiger partial charge in [0.25, 0.3) is 5.56 Å². The first-order valence-electron chi connectivity index (χ1n) is 12.7. The van der Waals surface area contributed by atoms with Crippen LogP contribution in [0, 0.1) is 12.7 Å². The van der Waals surface area contributed by atoms with E-state index < -0.39 is 12.0 Å². The number of esters is 1. The second kappa shape index (κ2) is 11.7. The number of rotatable bonds is 7. The molecule has 0 unspecified atom stereocenters. The average molecular weight is 622 g/mol. The van der Waals surface area contributed by atoms with Gasteiger partial charge in [0.2, 0.25) is 0 Å². The summed E-state index contributed by atoms with van der Waals surface area (Å²) in [5, 5.41) is 0. The molecule has 0 bridgehead atoms. The summed E-state index contributed by atoms with van der Waals surface area (Å²) in [6, 6.07) is 18.9. The molecule has 1 aromatic heterocycles. The van der Waals surface area contributed by atoms with Gasteiger partial charge in [-0.3, -0.25) is 9.36 Å². The Kier molecular flexibility index (Phi) is 8.14. The zero-order valence-electron chi connectivity index (χ0n) is 22.1. The molecule has 0 spiro atoms. The van der Waals surface area contributed by atoms with Gasteiger partial charge in [0.1, 0.15) is 18.2 Å². The smallest absolute Gasteiger partial charge is 0.338 e. The van der Waals surface area contributed by atoms with Crippen LogP contribution >= 0.6 is 27.3 Å². The van der Waals surface area contributed by atoms with Gasteiger partial charge in [0, 0.05) is 15.6 Å². The van der Waals surface area contributed by atoms with E-state index in [0.717, 1.165) is 15.6 Å². The number of carbonyl (C=O) groups excluding carboxylic acids is 1. The van der Waals surface area contributed by atoms with Gasteiger partial charge < -0.3 is 9.47 Å². The maximum Gasteiger partial charge on any atom is 0.338 e. The Balaban J connectivity index is 1.62. The van der Waals surface area contributed by atoms with E-state index in [1.54, 1.807) is 48.8 Å². The fourth-order valence-corrected chi connectivity index (χ4v) is 5.95. The number of halogens is 2. The Hall–Kier alpha value is -3.82. The average Bonchev–Trinajstić information content (AvgIpc) is 3.23. The van der Waals surface area contributed by atoms with E-state index in [2.05, 4.69) is 20.9 Å². The van der Waals surface area contributed by atoms with Crippen molar-refractivity contribution >= 4 is 39.3 Å². The van der Waals surface area contributed by atoms with Crippen molar-refractivity contribution in [2.45, 2.75) is 33.4 Å². The van der Waals surface area contributed by atoms with Gasteiger partial charge in [-0.2, -0.15) is 0 Å². The normalized spacial score (nSPS) is 15.0. The lowest BCUT2D eigenvalue weighted by atomic mass is 9.95. The molecule has 0 saturated heterocycles. The molecule has 40 heavy (non-hydrogen) atoms. The predicted molar refractivity (Wildman–Crippen MR) is 156 cm³/mol. The summed E-state index contributed by atoms with van der Waals surface area (Å²) in [6.07, 6.45) is 1.74. The summed E-state index contributed by atoms with van der Waals surface area (Å²) in [6.45, 7) is 5.72. The van der Waals surface area contributed by atoms with Crippen LogP contribution in [0.5, 0.6) is 5.75 Å². The van der Waals surface area contributed by atoms with Crippen molar-refractivity contribution < 1.29 is 18.7 Å². The molecule has 204 valence electrons. The van der Waals surface area contributed by atoms with E-state index >= 15 is 0 Å². The van der Waals surface area contributed by atoms with Gasteiger partial charge in [-0.15, -0.1) is 0 Å². The van der Waals surface area contributed by atoms with Crippen LogP contribution in [0.1, 0.15) is 42.1 Å². The number of aryl methyl sites for hydroxylation is 1. The number of aromatic nitrogens is 1. The summed E-state index contributed by atoms with van der Waals surface area (Å²) in [7, 11) is 0. The molecular weight excluding hydrogens is 595 g/mol. The SMILES string of the molecule is CCOC(=O)C1=C(C)N=c2s/c(=C/c3cc(Br)ccc3OCc3ccccc3F)c(=O)n2[C@@H]1c1ccc(C)cc1. The number of hydrogen-bond acceptors (Lipinski definition) is 6. The third-order valence-corrected chi connectivity index (χ3v) is 7.99. The van der Waals surface area contributed by atoms with Crippen molar-refractivity contribution in [2.75, 3.05) is 6.61 Å². The van der Waals surface area contributed by atoms with Gasteiger partial charge in [0.15, 0.2) is 4.80 Å². The maximum atomic E-state index is 14.2. The number of benzene rings is 3. The predicted octanol–water partition coefficient (Wildman–Crippen LogP) is 5.59. The number of nitrogens with zero attached hydrogens (tertiary/aromatic N) is 2. The van der Waals surface area contributed by atoms with Crippen molar-refractivity contribution in [2.24, 2.45) is 4.99 Å². The van der Waals surface area contributed by atoms with Crippen LogP contribution in [0.4, 0.5) is 4.39 Å². The molecule has 0 aliphatic carbocycles. The highest BCUT2D eigenvalue weighted by Gasteiger charge is 2.33. The van der Waals surface area contributed by atoms with Crippen LogP contribution in [0.2, 0.25) is 0 Å². The highest BCUT2D eigenvalue weighted by Crippen LogP contribution is 2.31. The number of allylic oxidation sites excluding steroid dienone is 1. The first-order valence-corrected chi connectivity index (χ1v) is 14.3. The van der Waals surface area contributed by atoms with Gasteiger partial charge >= 0.3 is 5.97 Å². The summed E-state index contributed by atoms with van der Waals surface area (Å²) in [5.41, 5.74) is 3.47. The minimum absolute atomic E-state index is 0.0336. The van der Waals surface area contributed by atoms with Crippen LogP contribution < -0.4 is 19.6 Å². The molecule has 2 heterocycles. The lowest BCUT2D eigenvalue weighted by molar-refractivity contribution is -0.139. The second-order valence-corrected chi connectivity index (χ2v) is 11.2. The van der Waals surface area contributed by atoms with Crippen LogP contribution in [-0.2, 0) is 16.1 Å². The van der Waals surface area contributed by atoms with Gasteiger partial charge in [-0.05, 0) is 56.7 Å². The minimum Gasteiger partial charge on any atom is -0.488 e. The molecule has 4 aromatic rings. The topological polar surface area (TPSA) is 69.9 Å². The maximum absolute atomic E-state index is 14.2. The number of fused-ring (bicyclic) bond motifs is 1. The van der Waals surface area contributed by atoms with Crippen LogP contribution in [0.25, 0.3) is 6.08 Å². The monoisotopic (exact) mass is 620 g/mol. The van der Waals surface area contributed by atoms with Crippen LogP contribution in [0.15, 0.2) is 92.3 Å². The largest absolute Gasteiger partial charge is 0.488 e. The molecule has 0 amide bonds. The molecule has 5 rings (SSSR count). The van der Waals surface area contributed by atoms with Crippen molar-refractivity contribution in [3.63, 3.8) is 0 Å². The molecule has 1 aliphatic heterocycles. The van der Waals surface area contributed by atoms with Crippen LogP contribution in [0.3, 0.4) is 0 Å². The van der Waals surface area contributed by atoms with Crippen molar-refractivity contribution in [3.8, 4) is 5.75 Å². The molecule has 0 radical (unpaired) electrons. The summed E-state index contributed by atoms with van der Waals surface area (Å²) < 4.78 is 28.3. The molecular formula is C31H26BrFN2O4S. The first-order chi connectivity index (χ1) is 19.3. The molecule has 1 atom stereocenters. The number of hydrogen-bond donors (Lipinski definition) is 0. The zero-order valence-corrected chi connectivity index (χ0v) is 24.5. The third kappa shape index (κ3) is 5.57. The van der Waals surface area contributed by atoms with E-state index in [1.807, 2.05) is 43.3 Å². The van der Waals surface area contributed by atoms with Crippen molar-refractivity contribution in [1.29, 1.82) is 0 Å². The van der Waals surface area contributed by atoms with Crippen molar-refractivity contribution in [3.05, 3.63) is 130 Å². The Labute approximate surface area is 242 Å². The number of carbonyl (C=O) groups is 1. The van der Waals surface area contributed by atoms with E-state index in [0.29, 0.717) is 37.5 Å². The summed E-state index contributed by atoms with van der Waals surface area (Å²) in [5.74, 6) is -0.353. The number of thiazole rings is 1. The molecule has 0 fully saturated rings. The fourth-order valence-electron chi connectivity index (χ4n) is 4.53. The Morgan fingerprint density at radius 2 is 1.88 bits per heavy atom. The Morgan fingerprint density at radius 3 is 2.60 bits per heavy atom. The summed E-state index contributed by atoms with van der Waals surface area (Å²) >= 11 is 4.72. The van der Waals surface area contributed by atoms with E-state index in [-0.39, 0.29) is 24.6 Å². The highest BCUT2D eigenvalue weighted by atomic mass is 79.9. The lowest BCUT2D eigenvalue weighted by Gasteiger charge is -2.24. The molecule has 6 nitrogen and oxygen atoms in total. The quantitative estimate of drug-likeness (QED) is 0.253. The third-order valence-electron chi connectivity index (χ3n) is 6.51. The van der Waals surface area contributed by atoms with Crippen molar-refractivity contribution in [1.82, 2.24) is 4.57 Å². The fraction of sp³-hybridized carbons (Fsp3) is 0.194. The van der Waals surface area contributed by atoms with Gasteiger partial charge in [-0.25, -0.2) is 14.2 Å². The minimum atomic E-state index is -0.683.